The van der Waals surface area contributed by atoms with Crippen LogP contribution in [-0.2, 0) is 22.1 Å². The third kappa shape index (κ3) is 3.60. The molecule has 1 unspecified atom stereocenters. The van der Waals surface area contributed by atoms with E-state index in [9.17, 15) is 22.8 Å². The third-order valence-electron chi connectivity index (χ3n) is 2.96. The molecule has 0 aliphatic carbocycles. The number of benzene rings is 1. The number of hydrazine groups is 1. The van der Waals surface area contributed by atoms with Crippen molar-refractivity contribution in [1.29, 1.82) is 0 Å². The molecule has 0 bridgehead atoms. The highest BCUT2D eigenvalue weighted by atomic mass is 35.5. The number of nitrogens with one attached hydrogen (secondary N) is 1. The number of hydrogen-bond acceptors (Lipinski definition) is 4. The van der Waals surface area contributed by atoms with Crippen molar-refractivity contribution in [2.75, 3.05) is 6.54 Å². The van der Waals surface area contributed by atoms with Crippen LogP contribution in [0.3, 0.4) is 0 Å². The first-order chi connectivity index (χ1) is 10.2. The maximum atomic E-state index is 12.8. The van der Waals surface area contributed by atoms with Gasteiger partial charge in [-0.1, -0.05) is 17.7 Å². The lowest BCUT2D eigenvalue weighted by molar-refractivity contribution is -0.137. The fraction of sp³-hybridized carbons (Fsp3) is 0.333. The normalized spacial score (nSPS) is 18.9. The number of primary amides is 1. The van der Waals surface area contributed by atoms with E-state index in [-0.39, 0.29) is 13.0 Å². The minimum absolute atomic E-state index is 0.0400. The van der Waals surface area contributed by atoms with Gasteiger partial charge in [-0.25, -0.2) is 10.2 Å². The van der Waals surface area contributed by atoms with Gasteiger partial charge in [0.2, 0.25) is 0 Å². The minimum atomic E-state index is -4.56. The molecule has 22 heavy (non-hydrogen) atoms. The summed E-state index contributed by atoms with van der Waals surface area (Å²) in [6.07, 6.45) is -6.58. The molecule has 2 rings (SSSR count). The molecule has 1 aromatic carbocycles. The van der Waals surface area contributed by atoms with Gasteiger partial charge in [0, 0.05) is 6.54 Å². The zero-order chi connectivity index (χ0) is 16.5. The van der Waals surface area contributed by atoms with Gasteiger partial charge >= 0.3 is 12.3 Å². The zero-order valence-electron chi connectivity index (χ0n) is 11.0. The monoisotopic (exact) mass is 337 g/mol. The van der Waals surface area contributed by atoms with Gasteiger partial charge in [0.1, 0.15) is 0 Å². The van der Waals surface area contributed by atoms with Crippen molar-refractivity contribution < 1.29 is 27.5 Å². The summed E-state index contributed by atoms with van der Waals surface area (Å²) in [6.45, 7) is 0.0400. The van der Waals surface area contributed by atoms with Crippen LogP contribution in [0.25, 0.3) is 0 Å². The van der Waals surface area contributed by atoms with E-state index >= 15 is 0 Å². The fourth-order valence-electron chi connectivity index (χ4n) is 1.95. The molecule has 3 N–H and O–H groups in total. The van der Waals surface area contributed by atoms with Crippen LogP contribution >= 0.6 is 11.6 Å². The van der Waals surface area contributed by atoms with Gasteiger partial charge in [-0.3, -0.25) is 4.79 Å². The van der Waals surface area contributed by atoms with Crippen LogP contribution in [-0.4, -0.2) is 29.8 Å². The first-order valence-electron chi connectivity index (χ1n) is 6.07. The summed E-state index contributed by atoms with van der Waals surface area (Å²) in [4.78, 5) is 22.2. The predicted molar refractivity (Wildman–Crippen MR) is 69.5 cm³/mol. The molecule has 1 aliphatic heterocycles. The van der Waals surface area contributed by atoms with E-state index in [2.05, 4.69) is 10.2 Å². The number of halogens is 4. The topological polar surface area (TPSA) is 84.7 Å². The zero-order valence-corrected chi connectivity index (χ0v) is 11.7. The number of carbonyl (C=O) groups excluding carboxylic acids is 2. The second-order valence-electron chi connectivity index (χ2n) is 4.53. The molecular formula is C12H11ClF3N3O3. The molecule has 0 aromatic heterocycles. The average molecular weight is 338 g/mol. The SMILES string of the molecule is NC(=O)C1OC(=O)NN1CCc1ccc(Cl)c(C(F)(F)F)c1. The molecule has 10 heteroatoms. The second kappa shape index (κ2) is 6.01. The Morgan fingerprint density at radius 2 is 2.14 bits per heavy atom. The molecule has 0 radical (unpaired) electrons. The maximum absolute atomic E-state index is 12.8. The predicted octanol–water partition coefficient (Wildman–Crippen LogP) is 1.67. The van der Waals surface area contributed by atoms with Crippen molar-refractivity contribution in [2.45, 2.75) is 18.8 Å². The highest BCUT2D eigenvalue weighted by Gasteiger charge is 2.36. The Labute approximate surface area is 127 Å². The molecule has 1 atom stereocenters. The van der Waals surface area contributed by atoms with Crippen molar-refractivity contribution in [3.63, 3.8) is 0 Å². The van der Waals surface area contributed by atoms with Crippen LogP contribution in [0, 0.1) is 0 Å². The number of nitrogens with two attached hydrogens (primary N) is 1. The molecule has 120 valence electrons. The van der Waals surface area contributed by atoms with Crippen LogP contribution in [0.15, 0.2) is 18.2 Å². The highest BCUT2D eigenvalue weighted by Crippen LogP contribution is 2.35. The fourth-order valence-corrected chi connectivity index (χ4v) is 2.17. The van der Waals surface area contributed by atoms with E-state index in [0.717, 1.165) is 17.1 Å². The first-order valence-corrected chi connectivity index (χ1v) is 6.45. The van der Waals surface area contributed by atoms with E-state index in [1.54, 1.807) is 0 Å². The summed E-state index contributed by atoms with van der Waals surface area (Å²) in [7, 11) is 0. The van der Waals surface area contributed by atoms with E-state index in [4.69, 9.17) is 17.3 Å². The number of hydrogen-bond donors (Lipinski definition) is 2. The van der Waals surface area contributed by atoms with Crippen molar-refractivity contribution in [3.05, 3.63) is 34.3 Å². The molecule has 1 aromatic rings. The number of ether oxygens (including phenoxy) is 1. The van der Waals surface area contributed by atoms with Gasteiger partial charge in [0.25, 0.3) is 12.1 Å². The summed E-state index contributed by atoms with van der Waals surface area (Å²) in [5.74, 6) is -0.884. The molecule has 6 nitrogen and oxygen atoms in total. The molecule has 1 fully saturated rings. The van der Waals surface area contributed by atoms with E-state index < -0.39 is 35.0 Å². The number of amides is 2. The lowest BCUT2D eigenvalue weighted by atomic mass is 10.1. The molecular weight excluding hydrogens is 327 g/mol. The van der Waals surface area contributed by atoms with E-state index in [1.165, 1.54) is 6.07 Å². The number of nitrogens with zero attached hydrogens (tertiary/aromatic N) is 1. The smallest absolute Gasteiger partial charge is 0.418 e. The van der Waals surface area contributed by atoms with Crippen LogP contribution in [0.4, 0.5) is 18.0 Å². The Kier molecular flexibility index (Phi) is 4.47. The summed E-state index contributed by atoms with van der Waals surface area (Å²) >= 11 is 5.52. The summed E-state index contributed by atoms with van der Waals surface area (Å²) < 4.78 is 42.9. The number of carbonyl (C=O) groups is 2. The summed E-state index contributed by atoms with van der Waals surface area (Å²) in [5.41, 5.74) is 6.68. The summed E-state index contributed by atoms with van der Waals surface area (Å²) in [6, 6.07) is 3.49. The van der Waals surface area contributed by atoms with Gasteiger partial charge in [0.15, 0.2) is 0 Å². The minimum Gasteiger partial charge on any atom is -0.418 e. The largest absolute Gasteiger partial charge is 0.424 e. The van der Waals surface area contributed by atoms with Crippen LogP contribution in [0.5, 0.6) is 0 Å². The highest BCUT2D eigenvalue weighted by molar-refractivity contribution is 6.31. The van der Waals surface area contributed by atoms with E-state index in [0.29, 0.717) is 5.56 Å². The first kappa shape index (κ1) is 16.4. The quantitative estimate of drug-likeness (QED) is 0.875. The Morgan fingerprint density at radius 1 is 1.45 bits per heavy atom. The number of rotatable bonds is 4. The lowest BCUT2D eigenvalue weighted by Crippen LogP contribution is -2.46. The van der Waals surface area contributed by atoms with Gasteiger partial charge in [0.05, 0.1) is 10.6 Å². The van der Waals surface area contributed by atoms with Gasteiger partial charge in [-0.2, -0.15) is 18.2 Å². The third-order valence-corrected chi connectivity index (χ3v) is 3.29. The van der Waals surface area contributed by atoms with Crippen molar-refractivity contribution in [3.8, 4) is 0 Å². The van der Waals surface area contributed by atoms with Crippen molar-refractivity contribution >= 4 is 23.6 Å². The molecule has 1 heterocycles. The Bertz CT molecular complexity index is 609. The molecule has 2 amide bonds. The number of alkyl halides is 3. The molecule has 1 aliphatic rings. The van der Waals surface area contributed by atoms with Gasteiger partial charge in [-0.05, 0) is 24.1 Å². The lowest BCUT2D eigenvalue weighted by Gasteiger charge is -2.18. The van der Waals surface area contributed by atoms with Gasteiger partial charge < -0.3 is 10.5 Å². The standard InChI is InChI=1S/C12H11ClF3N3O3/c13-8-2-1-6(5-7(8)12(14,15)16)3-4-19-10(9(17)20)22-11(21)18-19/h1-2,5,10H,3-4H2,(H2,17,20)(H,18,21). The molecule has 0 saturated carbocycles. The molecule has 0 spiro atoms. The maximum Gasteiger partial charge on any atom is 0.424 e. The van der Waals surface area contributed by atoms with E-state index in [1.807, 2.05) is 0 Å². The Morgan fingerprint density at radius 3 is 2.73 bits per heavy atom. The Balaban J connectivity index is 2.09. The van der Waals surface area contributed by atoms with Crippen LogP contribution in [0.2, 0.25) is 5.02 Å². The Hall–Kier alpha value is -2.00. The van der Waals surface area contributed by atoms with Crippen LogP contribution in [0.1, 0.15) is 11.1 Å². The summed E-state index contributed by atoms with van der Waals surface area (Å²) in [5, 5.41) is 0.719. The van der Waals surface area contributed by atoms with Crippen molar-refractivity contribution in [1.82, 2.24) is 10.4 Å². The number of cyclic esters (lactones) is 1. The van der Waals surface area contributed by atoms with Crippen molar-refractivity contribution in [2.24, 2.45) is 5.73 Å². The van der Waals surface area contributed by atoms with Gasteiger partial charge in [-0.15, -0.1) is 0 Å². The second-order valence-corrected chi connectivity index (χ2v) is 4.93. The van der Waals surface area contributed by atoms with Crippen LogP contribution < -0.4 is 11.2 Å². The molecule has 1 saturated heterocycles. The average Bonchev–Trinajstić information content (AvgIpc) is 2.78.